The molecule has 0 aliphatic carbocycles. The maximum Gasteiger partial charge on any atom is 0.295 e. The molecule has 7 heteroatoms. The molecular formula is C28H33NO6. The van der Waals surface area contributed by atoms with Crippen LogP contribution in [0, 0.1) is 6.92 Å². The summed E-state index contributed by atoms with van der Waals surface area (Å²) < 4.78 is 17.2. The minimum absolute atomic E-state index is 0.0681. The third-order valence-corrected chi connectivity index (χ3v) is 6.55. The number of hydrogen-bond acceptors (Lipinski definition) is 6. The molecule has 0 spiro atoms. The lowest BCUT2D eigenvalue weighted by molar-refractivity contribution is -0.140. The highest BCUT2D eigenvalue weighted by Gasteiger charge is 2.47. The Morgan fingerprint density at radius 1 is 1.14 bits per heavy atom. The van der Waals surface area contributed by atoms with Gasteiger partial charge in [-0.25, -0.2) is 0 Å². The first-order valence-corrected chi connectivity index (χ1v) is 12.2. The van der Waals surface area contributed by atoms with Crippen LogP contribution in [-0.4, -0.2) is 54.7 Å². The lowest BCUT2D eigenvalue weighted by Crippen LogP contribution is -2.36. The molecule has 0 bridgehead atoms. The molecule has 35 heavy (non-hydrogen) atoms. The summed E-state index contributed by atoms with van der Waals surface area (Å²) in [5.41, 5.74) is 2.25. The number of likely N-dealkylation sites (tertiary alicyclic amines) is 1. The van der Waals surface area contributed by atoms with Crippen LogP contribution < -0.4 is 9.47 Å². The standard InChI is InChI=1S/C28H33NO6/c1-4-5-14-35-22-13-12-20(16-23(22)33-3)25-24(26(30)19-10-8-18(2)9-11-19)27(31)28(32)29(25)17-21-7-6-15-34-21/h8-13,16,21,25,30H,4-7,14-15,17H2,1-3H3/b26-24+. The molecule has 2 fully saturated rings. The van der Waals surface area contributed by atoms with Gasteiger partial charge in [0, 0.05) is 18.7 Å². The molecular weight excluding hydrogens is 446 g/mol. The number of hydrogen-bond donors (Lipinski definition) is 1. The lowest BCUT2D eigenvalue weighted by Gasteiger charge is -2.28. The molecule has 2 saturated heterocycles. The summed E-state index contributed by atoms with van der Waals surface area (Å²) >= 11 is 0. The zero-order valence-corrected chi connectivity index (χ0v) is 20.6. The predicted octanol–water partition coefficient (Wildman–Crippen LogP) is 4.78. The molecule has 0 saturated carbocycles. The topological polar surface area (TPSA) is 85.3 Å². The number of ketones is 1. The van der Waals surface area contributed by atoms with Gasteiger partial charge in [-0.1, -0.05) is 49.2 Å². The average molecular weight is 480 g/mol. The van der Waals surface area contributed by atoms with Crippen molar-refractivity contribution < 1.29 is 28.9 Å². The van der Waals surface area contributed by atoms with E-state index in [1.54, 1.807) is 31.4 Å². The number of methoxy groups -OCH3 is 1. The highest BCUT2D eigenvalue weighted by Crippen LogP contribution is 2.42. The van der Waals surface area contributed by atoms with Gasteiger partial charge in [-0.05, 0) is 43.9 Å². The van der Waals surface area contributed by atoms with Crippen LogP contribution in [-0.2, 0) is 14.3 Å². The van der Waals surface area contributed by atoms with E-state index in [1.807, 2.05) is 25.1 Å². The molecule has 2 aromatic carbocycles. The number of benzene rings is 2. The molecule has 0 aromatic heterocycles. The van der Waals surface area contributed by atoms with E-state index in [1.165, 1.54) is 4.90 Å². The van der Waals surface area contributed by atoms with Crippen molar-refractivity contribution in [1.29, 1.82) is 0 Å². The van der Waals surface area contributed by atoms with Crippen LogP contribution >= 0.6 is 0 Å². The summed E-state index contributed by atoms with van der Waals surface area (Å²) in [6, 6.07) is 11.9. The van der Waals surface area contributed by atoms with E-state index in [2.05, 4.69) is 6.92 Å². The Labute approximate surface area is 206 Å². The summed E-state index contributed by atoms with van der Waals surface area (Å²) in [4.78, 5) is 28.0. The Kier molecular flexibility index (Phi) is 7.76. The number of aryl methyl sites for hydroxylation is 1. The number of carbonyl (C=O) groups is 2. The average Bonchev–Trinajstić information content (AvgIpc) is 3.47. The molecule has 2 aromatic rings. The number of rotatable bonds is 9. The summed E-state index contributed by atoms with van der Waals surface area (Å²) in [5.74, 6) is -0.420. The van der Waals surface area contributed by atoms with Gasteiger partial charge in [0.05, 0.1) is 31.4 Å². The maximum absolute atomic E-state index is 13.2. The van der Waals surface area contributed by atoms with Crippen LogP contribution in [0.5, 0.6) is 11.5 Å². The number of Topliss-reactive ketones (excluding diaryl/α,β-unsaturated/α-hetero) is 1. The van der Waals surface area contributed by atoms with Crippen LogP contribution in [0.25, 0.3) is 5.76 Å². The molecule has 1 N–H and O–H groups in total. The Hall–Kier alpha value is -3.32. The number of unbranched alkanes of at least 4 members (excludes halogenated alkanes) is 1. The first-order valence-electron chi connectivity index (χ1n) is 12.2. The summed E-state index contributed by atoms with van der Waals surface area (Å²) in [5, 5.41) is 11.2. The van der Waals surface area contributed by atoms with E-state index in [4.69, 9.17) is 14.2 Å². The third-order valence-electron chi connectivity index (χ3n) is 6.55. The van der Waals surface area contributed by atoms with Crippen molar-refractivity contribution in [2.75, 3.05) is 26.9 Å². The molecule has 2 aliphatic rings. The summed E-state index contributed by atoms with van der Waals surface area (Å²) in [7, 11) is 1.56. The van der Waals surface area contributed by atoms with Crippen molar-refractivity contribution in [3.05, 3.63) is 64.7 Å². The molecule has 2 unspecified atom stereocenters. The largest absolute Gasteiger partial charge is 0.507 e. The number of aliphatic hydroxyl groups excluding tert-OH is 1. The molecule has 1 amide bonds. The van der Waals surface area contributed by atoms with E-state index in [0.29, 0.717) is 35.8 Å². The molecule has 7 nitrogen and oxygen atoms in total. The van der Waals surface area contributed by atoms with Crippen molar-refractivity contribution in [1.82, 2.24) is 4.90 Å². The molecule has 186 valence electrons. The number of aliphatic hydroxyl groups is 1. The van der Waals surface area contributed by atoms with Crippen molar-refractivity contribution in [3.63, 3.8) is 0 Å². The van der Waals surface area contributed by atoms with Gasteiger partial charge < -0.3 is 24.2 Å². The van der Waals surface area contributed by atoms with Gasteiger partial charge in [0.15, 0.2) is 11.5 Å². The zero-order chi connectivity index (χ0) is 24.9. The van der Waals surface area contributed by atoms with Crippen molar-refractivity contribution >= 4 is 17.4 Å². The first kappa shape index (κ1) is 24.8. The quantitative estimate of drug-likeness (QED) is 0.241. The smallest absolute Gasteiger partial charge is 0.295 e. The van der Waals surface area contributed by atoms with Crippen molar-refractivity contribution in [2.45, 2.75) is 51.7 Å². The van der Waals surface area contributed by atoms with Gasteiger partial charge in [-0.2, -0.15) is 0 Å². The van der Waals surface area contributed by atoms with Gasteiger partial charge in [0.1, 0.15) is 5.76 Å². The van der Waals surface area contributed by atoms with E-state index in [-0.39, 0.29) is 24.0 Å². The van der Waals surface area contributed by atoms with Crippen LogP contribution in [0.15, 0.2) is 48.0 Å². The van der Waals surface area contributed by atoms with Crippen molar-refractivity contribution in [3.8, 4) is 11.5 Å². The maximum atomic E-state index is 13.2. The van der Waals surface area contributed by atoms with E-state index >= 15 is 0 Å². The molecule has 4 rings (SSSR count). The second-order valence-corrected chi connectivity index (χ2v) is 9.06. The van der Waals surface area contributed by atoms with Gasteiger partial charge in [0.2, 0.25) is 0 Å². The molecule has 0 radical (unpaired) electrons. The fourth-order valence-corrected chi connectivity index (χ4v) is 4.59. The van der Waals surface area contributed by atoms with E-state index in [0.717, 1.165) is 31.2 Å². The minimum atomic E-state index is -0.765. The molecule has 2 aliphatic heterocycles. The van der Waals surface area contributed by atoms with Crippen LogP contribution in [0.2, 0.25) is 0 Å². The number of amides is 1. The number of ether oxygens (including phenoxy) is 3. The Balaban J connectivity index is 1.78. The second-order valence-electron chi connectivity index (χ2n) is 9.06. The monoisotopic (exact) mass is 479 g/mol. The lowest BCUT2D eigenvalue weighted by atomic mass is 9.94. The van der Waals surface area contributed by atoms with E-state index < -0.39 is 17.7 Å². The minimum Gasteiger partial charge on any atom is -0.507 e. The number of carbonyl (C=O) groups excluding carboxylic acids is 2. The highest BCUT2D eigenvalue weighted by molar-refractivity contribution is 6.46. The third kappa shape index (κ3) is 5.20. The summed E-state index contributed by atoms with van der Waals surface area (Å²) in [6.45, 7) is 5.52. The van der Waals surface area contributed by atoms with Crippen molar-refractivity contribution in [2.24, 2.45) is 0 Å². The van der Waals surface area contributed by atoms with Gasteiger partial charge in [0.25, 0.3) is 11.7 Å². The Bertz CT molecular complexity index is 1100. The van der Waals surface area contributed by atoms with E-state index in [9.17, 15) is 14.7 Å². The van der Waals surface area contributed by atoms with Crippen LogP contribution in [0.4, 0.5) is 0 Å². The van der Waals surface area contributed by atoms with Gasteiger partial charge in [-0.15, -0.1) is 0 Å². The number of nitrogens with zero attached hydrogens (tertiary/aromatic N) is 1. The Morgan fingerprint density at radius 2 is 1.91 bits per heavy atom. The fourth-order valence-electron chi connectivity index (χ4n) is 4.59. The Morgan fingerprint density at radius 3 is 2.57 bits per heavy atom. The normalized spacial score (nSPS) is 21.5. The first-order chi connectivity index (χ1) is 16.9. The SMILES string of the molecule is CCCCOc1ccc(C2/C(=C(\O)c3ccc(C)cc3)C(=O)C(=O)N2CC2CCCO2)cc1OC. The zero-order valence-electron chi connectivity index (χ0n) is 20.6. The fraction of sp³-hybridized carbons (Fsp3) is 0.429. The molecule has 2 atom stereocenters. The van der Waals surface area contributed by atoms with Crippen LogP contribution in [0.3, 0.4) is 0 Å². The van der Waals surface area contributed by atoms with Gasteiger partial charge in [-0.3, -0.25) is 9.59 Å². The van der Waals surface area contributed by atoms with Crippen LogP contribution in [0.1, 0.15) is 55.3 Å². The highest BCUT2D eigenvalue weighted by atomic mass is 16.5. The summed E-state index contributed by atoms with van der Waals surface area (Å²) in [6.07, 6.45) is 3.52. The van der Waals surface area contributed by atoms with Gasteiger partial charge >= 0.3 is 0 Å². The second kappa shape index (κ2) is 11.0. The predicted molar refractivity (Wildman–Crippen MR) is 133 cm³/mol. The molecule has 2 heterocycles.